The van der Waals surface area contributed by atoms with Crippen LogP contribution in [0.2, 0.25) is 0 Å². The van der Waals surface area contributed by atoms with Gasteiger partial charge < -0.3 is 0 Å². The van der Waals surface area contributed by atoms with Crippen LogP contribution in [0.1, 0.15) is 51.2 Å². The minimum atomic E-state index is 0.409. The summed E-state index contributed by atoms with van der Waals surface area (Å²) in [5, 5.41) is 8.80. The van der Waals surface area contributed by atoms with Crippen LogP contribution in [-0.2, 0) is 0 Å². The van der Waals surface area contributed by atoms with Crippen molar-refractivity contribution in [2.75, 3.05) is 0 Å². The molecule has 1 aromatic rings. The molecule has 1 unspecified atom stereocenters. The molecule has 1 aliphatic carbocycles. The zero-order valence-corrected chi connectivity index (χ0v) is 11.5. The van der Waals surface area contributed by atoms with Gasteiger partial charge in [-0.2, -0.15) is 5.26 Å². The van der Waals surface area contributed by atoms with Crippen molar-refractivity contribution in [3.8, 4) is 6.07 Å². The smallest absolute Gasteiger partial charge is 0.0991 e. The van der Waals surface area contributed by atoms with E-state index in [1.54, 1.807) is 0 Å². The minimum Gasteiger partial charge on any atom is -0.192 e. The Hall–Kier alpha value is -1.55. The number of nitriles is 1. The Morgan fingerprint density at radius 3 is 2.28 bits per heavy atom. The first-order chi connectivity index (χ1) is 8.50. The Bertz CT molecular complexity index is 480. The average Bonchev–Trinajstić information content (AvgIpc) is 2.38. The van der Waals surface area contributed by atoms with Gasteiger partial charge in [-0.05, 0) is 53.9 Å². The highest BCUT2D eigenvalue weighted by atomic mass is 14.3. The van der Waals surface area contributed by atoms with Crippen molar-refractivity contribution in [2.45, 2.75) is 40.0 Å². The highest BCUT2D eigenvalue weighted by Gasteiger charge is 2.26. The molecule has 0 N–H and O–H groups in total. The van der Waals surface area contributed by atoms with Crippen LogP contribution in [0.4, 0.5) is 0 Å². The summed E-state index contributed by atoms with van der Waals surface area (Å²) in [6.45, 7) is 6.99. The fraction of sp³-hybridized carbons (Fsp3) is 0.471. The number of hydrogen-bond donors (Lipinski definition) is 0. The molecule has 0 aliphatic heterocycles. The SMILES string of the molecule is CC(C)(C)C1CC=C(c2ccc(C#N)cc2)CC1. The van der Waals surface area contributed by atoms with Crippen LogP contribution in [0.5, 0.6) is 0 Å². The molecule has 0 aromatic heterocycles. The van der Waals surface area contributed by atoms with Crippen LogP contribution >= 0.6 is 0 Å². The Morgan fingerprint density at radius 2 is 1.83 bits per heavy atom. The highest BCUT2D eigenvalue weighted by molar-refractivity contribution is 5.66. The maximum atomic E-state index is 8.80. The van der Waals surface area contributed by atoms with Gasteiger partial charge in [-0.3, -0.25) is 0 Å². The van der Waals surface area contributed by atoms with E-state index >= 15 is 0 Å². The summed E-state index contributed by atoms with van der Waals surface area (Å²) in [7, 11) is 0. The van der Waals surface area contributed by atoms with Gasteiger partial charge in [0.2, 0.25) is 0 Å². The molecule has 0 amide bonds. The van der Waals surface area contributed by atoms with Gasteiger partial charge >= 0.3 is 0 Å². The van der Waals surface area contributed by atoms with Gasteiger partial charge in [0, 0.05) is 0 Å². The lowest BCUT2D eigenvalue weighted by molar-refractivity contribution is 0.225. The molecule has 1 aromatic carbocycles. The average molecular weight is 239 g/mol. The molecule has 2 rings (SSSR count). The predicted molar refractivity (Wildman–Crippen MR) is 75.9 cm³/mol. The second kappa shape index (κ2) is 4.98. The van der Waals surface area contributed by atoms with Gasteiger partial charge in [0.25, 0.3) is 0 Å². The van der Waals surface area contributed by atoms with E-state index in [1.807, 2.05) is 12.1 Å². The molecule has 1 aliphatic rings. The van der Waals surface area contributed by atoms with E-state index < -0.39 is 0 Å². The molecule has 1 atom stereocenters. The van der Waals surface area contributed by atoms with Crippen molar-refractivity contribution in [1.82, 2.24) is 0 Å². The summed E-state index contributed by atoms with van der Waals surface area (Å²) >= 11 is 0. The van der Waals surface area contributed by atoms with E-state index in [9.17, 15) is 0 Å². The summed E-state index contributed by atoms with van der Waals surface area (Å²) in [6, 6.07) is 10.1. The number of hydrogen-bond acceptors (Lipinski definition) is 1. The zero-order chi connectivity index (χ0) is 13.2. The van der Waals surface area contributed by atoms with Crippen molar-refractivity contribution in [1.29, 1.82) is 5.26 Å². The number of rotatable bonds is 1. The van der Waals surface area contributed by atoms with Gasteiger partial charge in [0.15, 0.2) is 0 Å². The van der Waals surface area contributed by atoms with Crippen LogP contribution in [0.3, 0.4) is 0 Å². The van der Waals surface area contributed by atoms with E-state index in [1.165, 1.54) is 24.0 Å². The molecule has 0 bridgehead atoms. The van der Waals surface area contributed by atoms with E-state index in [-0.39, 0.29) is 0 Å². The largest absolute Gasteiger partial charge is 0.192 e. The van der Waals surface area contributed by atoms with Crippen LogP contribution in [-0.4, -0.2) is 0 Å². The molecule has 0 spiro atoms. The van der Waals surface area contributed by atoms with Crippen LogP contribution < -0.4 is 0 Å². The molecule has 0 saturated heterocycles. The molecule has 0 saturated carbocycles. The molecule has 1 nitrogen and oxygen atoms in total. The lowest BCUT2D eigenvalue weighted by atomic mass is 9.72. The second-order valence-corrected chi connectivity index (χ2v) is 6.26. The number of allylic oxidation sites excluding steroid dienone is 2. The number of benzene rings is 1. The topological polar surface area (TPSA) is 23.8 Å². The van der Waals surface area contributed by atoms with Crippen molar-refractivity contribution in [3.05, 3.63) is 41.5 Å². The van der Waals surface area contributed by atoms with Crippen LogP contribution in [0, 0.1) is 22.7 Å². The summed E-state index contributed by atoms with van der Waals surface area (Å²) in [6.07, 6.45) is 6.00. The normalized spacial score (nSPS) is 20.1. The Labute approximate surface area is 110 Å². The molecule has 0 radical (unpaired) electrons. The van der Waals surface area contributed by atoms with Crippen molar-refractivity contribution in [3.63, 3.8) is 0 Å². The maximum absolute atomic E-state index is 8.80. The van der Waals surface area contributed by atoms with Gasteiger partial charge in [-0.15, -0.1) is 0 Å². The fourth-order valence-electron chi connectivity index (χ4n) is 2.64. The molecule has 0 heterocycles. The Balaban J connectivity index is 2.12. The highest BCUT2D eigenvalue weighted by Crippen LogP contribution is 2.39. The third-order valence-corrected chi connectivity index (χ3v) is 4.02. The molecular weight excluding hydrogens is 218 g/mol. The zero-order valence-electron chi connectivity index (χ0n) is 11.5. The summed E-state index contributed by atoms with van der Waals surface area (Å²) in [5.41, 5.74) is 3.87. The first kappa shape index (κ1) is 12.9. The predicted octanol–water partition coefficient (Wildman–Crippen LogP) is 4.79. The van der Waals surface area contributed by atoms with E-state index in [2.05, 4.69) is 45.0 Å². The second-order valence-electron chi connectivity index (χ2n) is 6.26. The Kier molecular flexibility index (Phi) is 3.57. The van der Waals surface area contributed by atoms with Crippen molar-refractivity contribution >= 4 is 5.57 Å². The van der Waals surface area contributed by atoms with Gasteiger partial charge in [0.05, 0.1) is 11.6 Å². The van der Waals surface area contributed by atoms with Crippen LogP contribution in [0.25, 0.3) is 5.57 Å². The summed E-state index contributed by atoms with van der Waals surface area (Å²) in [5.74, 6) is 0.791. The van der Waals surface area contributed by atoms with Gasteiger partial charge in [-0.1, -0.05) is 39.0 Å². The monoisotopic (exact) mass is 239 g/mol. The Morgan fingerprint density at radius 1 is 1.17 bits per heavy atom. The number of nitrogens with zero attached hydrogens (tertiary/aromatic N) is 1. The summed E-state index contributed by atoms with van der Waals surface area (Å²) < 4.78 is 0. The molecule has 1 heteroatoms. The van der Waals surface area contributed by atoms with Crippen molar-refractivity contribution < 1.29 is 0 Å². The third kappa shape index (κ3) is 2.82. The maximum Gasteiger partial charge on any atom is 0.0991 e. The van der Waals surface area contributed by atoms with E-state index in [0.717, 1.165) is 17.9 Å². The lowest BCUT2D eigenvalue weighted by Crippen LogP contribution is -2.21. The van der Waals surface area contributed by atoms with E-state index in [0.29, 0.717) is 5.41 Å². The quantitative estimate of drug-likeness (QED) is 0.691. The fourth-order valence-corrected chi connectivity index (χ4v) is 2.64. The third-order valence-electron chi connectivity index (χ3n) is 4.02. The summed E-state index contributed by atoms with van der Waals surface area (Å²) in [4.78, 5) is 0. The van der Waals surface area contributed by atoms with Crippen molar-refractivity contribution in [2.24, 2.45) is 11.3 Å². The van der Waals surface area contributed by atoms with Crippen LogP contribution in [0.15, 0.2) is 30.3 Å². The minimum absolute atomic E-state index is 0.409. The first-order valence-corrected chi connectivity index (χ1v) is 6.70. The molecular formula is C17H21N. The molecule has 94 valence electrons. The standard InChI is InChI=1S/C17H21N/c1-17(2,3)16-10-8-15(9-11-16)14-6-4-13(12-18)5-7-14/h4-8,16H,9-11H2,1-3H3. The van der Waals surface area contributed by atoms with E-state index in [4.69, 9.17) is 5.26 Å². The first-order valence-electron chi connectivity index (χ1n) is 6.70. The molecule has 0 fully saturated rings. The van der Waals surface area contributed by atoms with Gasteiger partial charge in [-0.25, -0.2) is 0 Å². The van der Waals surface area contributed by atoms with Gasteiger partial charge in [0.1, 0.15) is 0 Å². The lowest BCUT2D eigenvalue weighted by Gasteiger charge is -2.33. The molecule has 18 heavy (non-hydrogen) atoms.